The first-order valence-corrected chi connectivity index (χ1v) is 8.74. The second kappa shape index (κ2) is 8.66. The molecule has 0 radical (unpaired) electrons. The first kappa shape index (κ1) is 20.4. The Morgan fingerprint density at radius 2 is 1.78 bits per heavy atom. The van der Waals surface area contributed by atoms with Gasteiger partial charge in [-0.3, -0.25) is 9.59 Å². The molecule has 0 bridgehead atoms. The number of carbonyl (C=O) groups excluding carboxylic acids is 2. The van der Waals surface area contributed by atoms with E-state index in [1.165, 1.54) is 12.1 Å². The van der Waals surface area contributed by atoms with E-state index in [0.29, 0.717) is 11.4 Å². The van der Waals surface area contributed by atoms with Gasteiger partial charge in [0.2, 0.25) is 11.8 Å². The molecule has 0 aliphatic rings. The lowest BCUT2D eigenvalue weighted by molar-refractivity contribution is -0.131. The Kier molecular flexibility index (Phi) is 6.55. The van der Waals surface area contributed by atoms with Crippen LogP contribution in [0.1, 0.15) is 33.3 Å². The summed E-state index contributed by atoms with van der Waals surface area (Å²) in [5.41, 5.74) is 0.834. The third kappa shape index (κ3) is 6.40. The van der Waals surface area contributed by atoms with Crippen LogP contribution in [-0.2, 0) is 16.2 Å². The summed E-state index contributed by atoms with van der Waals surface area (Å²) in [4.78, 5) is 24.3. The minimum Gasteiger partial charge on any atom is -0.489 e. The minimum absolute atomic E-state index is 0.193. The molecule has 2 rings (SSSR count). The van der Waals surface area contributed by atoms with Crippen molar-refractivity contribution < 1.29 is 18.7 Å². The fourth-order valence-electron chi connectivity index (χ4n) is 2.14. The van der Waals surface area contributed by atoms with Crippen LogP contribution >= 0.6 is 0 Å². The maximum atomic E-state index is 12.9. The molecular weight excluding hydrogens is 347 g/mol. The molecule has 0 aromatic heterocycles. The quantitative estimate of drug-likeness (QED) is 0.808. The summed E-state index contributed by atoms with van der Waals surface area (Å²) < 4.78 is 18.6. The molecule has 2 aromatic rings. The zero-order valence-electron chi connectivity index (χ0n) is 16.0. The predicted molar refractivity (Wildman–Crippen MR) is 103 cm³/mol. The Hall–Kier alpha value is -2.89. The molecule has 2 N–H and O–H groups in total. The first-order valence-electron chi connectivity index (χ1n) is 8.74. The molecule has 0 saturated carbocycles. The molecular formula is C21H25FN2O3. The van der Waals surface area contributed by atoms with Gasteiger partial charge in [-0.05, 0) is 36.8 Å². The fourth-order valence-corrected chi connectivity index (χ4v) is 2.14. The van der Waals surface area contributed by atoms with E-state index in [9.17, 15) is 14.0 Å². The summed E-state index contributed by atoms with van der Waals surface area (Å²) in [5.74, 6) is -0.232. The Morgan fingerprint density at radius 1 is 1.11 bits per heavy atom. The number of ether oxygens (including phenoxy) is 1. The average molecular weight is 372 g/mol. The highest BCUT2D eigenvalue weighted by molar-refractivity contribution is 5.97. The number of halogens is 1. The second-order valence-electron chi connectivity index (χ2n) is 7.38. The number of anilines is 1. The van der Waals surface area contributed by atoms with E-state index in [1.54, 1.807) is 64.1 Å². The van der Waals surface area contributed by atoms with Crippen molar-refractivity contribution in [1.29, 1.82) is 0 Å². The molecule has 1 unspecified atom stereocenters. The van der Waals surface area contributed by atoms with Crippen molar-refractivity contribution in [1.82, 2.24) is 5.32 Å². The molecule has 0 aliphatic heterocycles. The average Bonchev–Trinajstić information content (AvgIpc) is 2.60. The van der Waals surface area contributed by atoms with Crippen molar-refractivity contribution in [3.05, 3.63) is 59.9 Å². The number of amides is 2. The van der Waals surface area contributed by atoms with Crippen molar-refractivity contribution >= 4 is 17.5 Å². The largest absolute Gasteiger partial charge is 0.489 e. The zero-order chi connectivity index (χ0) is 20.0. The van der Waals surface area contributed by atoms with Gasteiger partial charge in [-0.1, -0.05) is 39.0 Å². The Balaban J connectivity index is 1.93. The molecule has 2 aromatic carbocycles. The van der Waals surface area contributed by atoms with Crippen LogP contribution < -0.4 is 15.4 Å². The first-order chi connectivity index (χ1) is 12.6. The van der Waals surface area contributed by atoms with E-state index in [0.717, 1.165) is 5.56 Å². The van der Waals surface area contributed by atoms with E-state index in [2.05, 4.69) is 10.6 Å². The van der Waals surface area contributed by atoms with Crippen LogP contribution in [0.25, 0.3) is 0 Å². The van der Waals surface area contributed by atoms with Crippen LogP contribution in [-0.4, -0.2) is 17.9 Å². The maximum absolute atomic E-state index is 12.9. The highest BCUT2D eigenvalue weighted by atomic mass is 19.1. The number of hydrogen-bond acceptors (Lipinski definition) is 3. The van der Waals surface area contributed by atoms with Crippen LogP contribution in [0.3, 0.4) is 0 Å². The topological polar surface area (TPSA) is 67.4 Å². The third-order valence-corrected chi connectivity index (χ3v) is 3.84. The maximum Gasteiger partial charge on any atom is 0.246 e. The summed E-state index contributed by atoms with van der Waals surface area (Å²) in [5, 5.41) is 5.45. The van der Waals surface area contributed by atoms with E-state index in [1.807, 2.05) is 0 Å². The lowest BCUT2D eigenvalue weighted by Gasteiger charge is -2.21. The number of hydrogen-bond donors (Lipinski definition) is 2. The van der Waals surface area contributed by atoms with E-state index in [-0.39, 0.29) is 24.2 Å². The highest BCUT2D eigenvalue weighted by Gasteiger charge is 2.25. The minimum atomic E-state index is -0.666. The molecule has 1 atom stereocenters. The molecule has 0 aliphatic carbocycles. The molecule has 2 amide bonds. The summed E-state index contributed by atoms with van der Waals surface area (Å²) in [6.45, 7) is 7.28. The van der Waals surface area contributed by atoms with Gasteiger partial charge in [0.15, 0.2) is 0 Å². The van der Waals surface area contributed by atoms with Gasteiger partial charge in [0, 0.05) is 17.2 Å². The number of benzene rings is 2. The van der Waals surface area contributed by atoms with Gasteiger partial charge < -0.3 is 15.4 Å². The summed E-state index contributed by atoms with van der Waals surface area (Å²) in [6.07, 6.45) is 0. The van der Waals surface area contributed by atoms with Gasteiger partial charge in [-0.25, -0.2) is 4.39 Å². The van der Waals surface area contributed by atoms with Crippen LogP contribution in [0.5, 0.6) is 5.75 Å². The monoisotopic (exact) mass is 372 g/mol. The van der Waals surface area contributed by atoms with Crippen LogP contribution in [0.15, 0.2) is 48.5 Å². The molecule has 0 saturated heterocycles. The molecule has 0 heterocycles. The normalized spacial score (nSPS) is 12.2. The van der Waals surface area contributed by atoms with Crippen molar-refractivity contribution in [2.45, 2.75) is 40.3 Å². The van der Waals surface area contributed by atoms with Crippen molar-refractivity contribution in [3.63, 3.8) is 0 Å². The Labute approximate surface area is 158 Å². The Bertz CT molecular complexity index is 798. The van der Waals surface area contributed by atoms with Gasteiger partial charge in [-0.2, -0.15) is 0 Å². The van der Waals surface area contributed by atoms with Crippen LogP contribution in [0.2, 0.25) is 0 Å². The standard InChI is InChI=1S/C21H25FN2O3/c1-14(23-20(26)21(2,3)4)19(25)24-17-6-5-7-18(12-17)27-13-15-8-10-16(22)11-9-15/h5-12,14H,13H2,1-4H3,(H,23,26)(H,24,25). The van der Waals surface area contributed by atoms with Gasteiger partial charge in [0.1, 0.15) is 24.2 Å². The molecule has 5 nitrogen and oxygen atoms in total. The van der Waals surface area contributed by atoms with Gasteiger partial charge in [-0.15, -0.1) is 0 Å². The molecule has 144 valence electrons. The molecule has 27 heavy (non-hydrogen) atoms. The third-order valence-electron chi connectivity index (χ3n) is 3.84. The smallest absolute Gasteiger partial charge is 0.246 e. The van der Waals surface area contributed by atoms with E-state index < -0.39 is 11.5 Å². The highest BCUT2D eigenvalue weighted by Crippen LogP contribution is 2.19. The van der Waals surface area contributed by atoms with E-state index >= 15 is 0 Å². The van der Waals surface area contributed by atoms with Crippen LogP contribution in [0.4, 0.5) is 10.1 Å². The van der Waals surface area contributed by atoms with Gasteiger partial charge in [0.25, 0.3) is 0 Å². The summed E-state index contributed by atoms with van der Waals surface area (Å²) in [6, 6.07) is 12.4. The predicted octanol–water partition coefficient (Wildman–Crippen LogP) is 3.89. The summed E-state index contributed by atoms with van der Waals surface area (Å²) in [7, 11) is 0. The SMILES string of the molecule is CC(NC(=O)C(C)(C)C)C(=O)Nc1cccc(OCc2ccc(F)cc2)c1. The van der Waals surface area contributed by atoms with Crippen molar-refractivity contribution in [2.75, 3.05) is 5.32 Å². The van der Waals surface area contributed by atoms with E-state index in [4.69, 9.17) is 4.74 Å². The lowest BCUT2D eigenvalue weighted by atomic mass is 9.95. The van der Waals surface area contributed by atoms with Gasteiger partial charge in [0.05, 0.1) is 0 Å². The Morgan fingerprint density at radius 3 is 2.41 bits per heavy atom. The molecule has 0 fully saturated rings. The number of carbonyl (C=O) groups is 2. The second-order valence-corrected chi connectivity index (χ2v) is 7.38. The molecule has 0 spiro atoms. The summed E-state index contributed by atoms with van der Waals surface area (Å²) >= 11 is 0. The van der Waals surface area contributed by atoms with Crippen LogP contribution in [0, 0.1) is 11.2 Å². The lowest BCUT2D eigenvalue weighted by Crippen LogP contribution is -2.46. The number of rotatable bonds is 6. The fraction of sp³-hybridized carbons (Fsp3) is 0.333. The van der Waals surface area contributed by atoms with Crippen molar-refractivity contribution in [3.8, 4) is 5.75 Å². The molecule has 6 heteroatoms. The van der Waals surface area contributed by atoms with Gasteiger partial charge >= 0.3 is 0 Å². The van der Waals surface area contributed by atoms with Crippen molar-refractivity contribution in [2.24, 2.45) is 5.41 Å². The number of nitrogens with one attached hydrogen (secondary N) is 2. The zero-order valence-corrected chi connectivity index (χ0v) is 16.0.